The van der Waals surface area contributed by atoms with Gasteiger partial charge in [-0.25, -0.2) is 29.4 Å². The second-order valence-electron chi connectivity index (χ2n) is 11.9. The van der Waals surface area contributed by atoms with Gasteiger partial charge in [0.05, 0.1) is 19.3 Å². The number of aromatic nitrogens is 1. The number of aliphatic imine (C=N–C) groups is 5. The average molecular weight is 633 g/mol. The van der Waals surface area contributed by atoms with Crippen molar-refractivity contribution in [3.8, 4) is 0 Å². The van der Waals surface area contributed by atoms with Gasteiger partial charge in [0.15, 0.2) is 35.0 Å². The minimum atomic E-state index is -1.70. The smallest absolute Gasteiger partial charge is 0.356 e. The van der Waals surface area contributed by atoms with E-state index in [2.05, 4.69) is 19.1 Å². The van der Waals surface area contributed by atoms with E-state index in [9.17, 15) is 0 Å². The van der Waals surface area contributed by atoms with Crippen LogP contribution in [0.15, 0.2) is 122 Å². The molecular weight excluding hydrogens is 600 g/mol. The standard InChI is InChI=1S/C38H32N8O2/c1-4-47-38(48-5-2)45-31(39)24-15-7-11-19-28(24)35(45)43-33-26-17-9-10-18-27(26)34(41-33)44-37-30-21-13-12-20-29(30)36(46(37)38)42-32-25-16-8-6-14-23(25)22(3)40-32/h6-22H,4-5,39H2,1-3H3. The van der Waals surface area contributed by atoms with Gasteiger partial charge in [-0.1, -0.05) is 97.1 Å². The molecule has 236 valence electrons. The van der Waals surface area contributed by atoms with Gasteiger partial charge in [0.25, 0.3) is 0 Å². The molecule has 0 radical (unpaired) electrons. The van der Waals surface area contributed by atoms with Gasteiger partial charge in [-0.05, 0) is 26.3 Å². The zero-order chi connectivity index (χ0) is 32.6. The van der Waals surface area contributed by atoms with Gasteiger partial charge in [-0.2, -0.15) is 0 Å². The highest BCUT2D eigenvalue weighted by atomic mass is 16.7. The number of nitrogen functional groups attached to an aromatic ring is 1. The van der Waals surface area contributed by atoms with Crippen LogP contribution in [0.1, 0.15) is 60.2 Å². The Bertz CT molecular complexity index is 2320. The first-order valence-corrected chi connectivity index (χ1v) is 16.2. The van der Waals surface area contributed by atoms with Gasteiger partial charge < -0.3 is 15.2 Å². The van der Waals surface area contributed by atoms with Crippen molar-refractivity contribution in [1.29, 1.82) is 0 Å². The van der Waals surface area contributed by atoms with Crippen LogP contribution in [-0.4, -0.2) is 51.9 Å². The molecule has 5 aromatic rings. The third-order valence-electron chi connectivity index (χ3n) is 9.18. The summed E-state index contributed by atoms with van der Waals surface area (Å²) >= 11 is 0. The molecule has 4 aromatic carbocycles. The van der Waals surface area contributed by atoms with E-state index in [-0.39, 0.29) is 19.3 Å². The fourth-order valence-electron chi connectivity index (χ4n) is 7.17. The van der Waals surface area contributed by atoms with E-state index in [1.165, 1.54) is 0 Å². The fourth-order valence-corrected chi connectivity index (χ4v) is 7.17. The molecule has 10 nitrogen and oxygen atoms in total. The van der Waals surface area contributed by atoms with E-state index in [4.69, 9.17) is 40.2 Å². The highest BCUT2D eigenvalue weighted by Crippen LogP contribution is 2.46. The molecule has 9 rings (SSSR count). The summed E-state index contributed by atoms with van der Waals surface area (Å²) in [7, 11) is 0. The number of ether oxygens (including phenoxy) is 2. The number of anilines is 1. The van der Waals surface area contributed by atoms with E-state index >= 15 is 0 Å². The quantitative estimate of drug-likeness (QED) is 0.221. The van der Waals surface area contributed by atoms with Crippen molar-refractivity contribution in [2.45, 2.75) is 32.8 Å². The van der Waals surface area contributed by atoms with Gasteiger partial charge in [0, 0.05) is 38.6 Å². The number of benzene rings is 4. The van der Waals surface area contributed by atoms with Gasteiger partial charge >= 0.3 is 6.03 Å². The fraction of sp³-hybridized carbons (Fsp3) is 0.184. The molecule has 1 aromatic heterocycles. The average Bonchev–Trinajstić information content (AvgIpc) is 3.81. The molecule has 0 amide bonds. The second-order valence-corrected chi connectivity index (χ2v) is 11.9. The maximum Gasteiger partial charge on any atom is 0.356 e. The molecule has 1 atom stereocenters. The highest BCUT2D eigenvalue weighted by molar-refractivity contribution is 6.32. The van der Waals surface area contributed by atoms with Crippen molar-refractivity contribution >= 4 is 51.6 Å². The van der Waals surface area contributed by atoms with Crippen LogP contribution in [0.25, 0.3) is 10.8 Å². The lowest BCUT2D eigenvalue weighted by Gasteiger charge is -2.42. The van der Waals surface area contributed by atoms with Crippen LogP contribution < -0.4 is 5.73 Å². The zero-order valence-electron chi connectivity index (χ0n) is 26.8. The summed E-state index contributed by atoms with van der Waals surface area (Å²) in [6.45, 7) is 6.51. The predicted octanol–water partition coefficient (Wildman–Crippen LogP) is 6.75. The Kier molecular flexibility index (Phi) is 6.33. The number of rotatable bonds is 4. The Balaban J connectivity index is 1.44. The lowest BCUT2D eigenvalue weighted by atomic mass is 10.0. The van der Waals surface area contributed by atoms with Crippen molar-refractivity contribution < 1.29 is 9.47 Å². The number of amidine groups is 5. The molecule has 2 N–H and O–H groups in total. The molecule has 0 saturated carbocycles. The summed E-state index contributed by atoms with van der Waals surface area (Å²) in [4.78, 5) is 27.9. The van der Waals surface area contributed by atoms with E-state index in [0.717, 1.165) is 44.2 Å². The van der Waals surface area contributed by atoms with Crippen LogP contribution in [0.5, 0.6) is 0 Å². The number of nitrogens with two attached hydrogens (primary N) is 1. The Morgan fingerprint density at radius 3 is 2.00 bits per heavy atom. The maximum atomic E-state index is 7.14. The van der Waals surface area contributed by atoms with Crippen LogP contribution in [0.2, 0.25) is 0 Å². The van der Waals surface area contributed by atoms with Gasteiger partial charge in [0.1, 0.15) is 5.82 Å². The minimum Gasteiger partial charge on any atom is -0.384 e. The van der Waals surface area contributed by atoms with E-state index < -0.39 is 6.03 Å². The maximum absolute atomic E-state index is 7.14. The summed E-state index contributed by atoms with van der Waals surface area (Å²) in [5.41, 5.74) is 12.7. The first-order valence-electron chi connectivity index (χ1n) is 16.2. The lowest BCUT2D eigenvalue weighted by Crippen LogP contribution is -2.58. The summed E-state index contributed by atoms with van der Waals surface area (Å²) in [6.07, 6.45) is 0. The predicted molar refractivity (Wildman–Crippen MR) is 190 cm³/mol. The molecule has 0 aliphatic carbocycles. The first-order chi connectivity index (χ1) is 23.5. The Labute approximate surface area is 277 Å². The van der Waals surface area contributed by atoms with Crippen LogP contribution in [0, 0.1) is 0 Å². The van der Waals surface area contributed by atoms with Crippen molar-refractivity contribution in [2.24, 2.45) is 25.0 Å². The summed E-state index contributed by atoms with van der Waals surface area (Å²) in [5, 5.41) is 1.65. The molecule has 0 saturated heterocycles. The number of hydrogen-bond donors (Lipinski definition) is 1. The Morgan fingerprint density at radius 2 is 1.29 bits per heavy atom. The van der Waals surface area contributed by atoms with E-state index in [1.807, 2.05) is 108 Å². The monoisotopic (exact) mass is 632 g/mol. The van der Waals surface area contributed by atoms with Crippen LogP contribution in [0.4, 0.5) is 11.6 Å². The largest absolute Gasteiger partial charge is 0.384 e. The van der Waals surface area contributed by atoms with Gasteiger partial charge in [-0.3, -0.25) is 4.99 Å². The van der Waals surface area contributed by atoms with Gasteiger partial charge in [0.2, 0.25) is 0 Å². The van der Waals surface area contributed by atoms with Crippen molar-refractivity contribution in [3.05, 3.63) is 130 Å². The number of hydrogen-bond acceptors (Lipinski definition) is 8. The SMILES string of the molecule is CCOC1(OCC)N2C(=NC3=NC(=Nc4c5ccccc5c(N)n41)c1ccccc13)c1ccccc1C2=NC1=NC(C)c2ccccc21. The number of nitrogens with zero attached hydrogens (tertiary/aromatic N) is 7. The normalized spacial score (nSPS) is 19.2. The van der Waals surface area contributed by atoms with Crippen LogP contribution in [-0.2, 0) is 15.5 Å². The highest BCUT2D eigenvalue weighted by Gasteiger charge is 2.53. The third kappa shape index (κ3) is 3.90. The Morgan fingerprint density at radius 1 is 0.708 bits per heavy atom. The van der Waals surface area contributed by atoms with E-state index in [0.29, 0.717) is 40.8 Å². The number of fused-ring (bicyclic) bond motifs is 11. The summed E-state index contributed by atoms with van der Waals surface area (Å²) in [6, 6.07) is 30.5. The summed E-state index contributed by atoms with van der Waals surface area (Å²) in [5.74, 6) is 3.80. The molecule has 5 heterocycles. The molecule has 48 heavy (non-hydrogen) atoms. The topological polar surface area (TPSA) is 114 Å². The first kappa shape index (κ1) is 28.5. The Hall–Kier alpha value is -5.71. The molecule has 4 aliphatic heterocycles. The van der Waals surface area contributed by atoms with Crippen LogP contribution in [0.3, 0.4) is 0 Å². The minimum absolute atomic E-state index is 0.0398. The molecule has 2 bridgehead atoms. The molecule has 1 unspecified atom stereocenters. The van der Waals surface area contributed by atoms with Crippen LogP contribution >= 0.6 is 0 Å². The van der Waals surface area contributed by atoms with Crippen molar-refractivity contribution in [3.63, 3.8) is 0 Å². The van der Waals surface area contributed by atoms with E-state index in [1.54, 1.807) is 0 Å². The molecule has 0 spiro atoms. The molecule has 0 fully saturated rings. The van der Waals surface area contributed by atoms with Crippen molar-refractivity contribution in [2.75, 3.05) is 18.9 Å². The van der Waals surface area contributed by atoms with Gasteiger partial charge in [-0.15, -0.1) is 0 Å². The second kappa shape index (κ2) is 10.7. The molecule has 4 aliphatic rings. The lowest BCUT2D eigenvalue weighted by molar-refractivity contribution is -0.335. The molecule has 10 heteroatoms. The summed E-state index contributed by atoms with van der Waals surface area (Å²) < 4.78 is 15.5. The third-order valence-corrected chi connectivity index (χ3v) is 9.18. The van der Waals surface area contributed by atoms with Crippen molar-refractivity contribution in [1.82, 2.24) is 9.47 Å². The zero-order valence-corrected chi connectivity index (χ0v) is 26.8. The molecular formula is C38H32N8O2.